The molecule has 0 spiro atoms. The van der Waals surface area contributed by atoms with E-state index in [-0.39, 0.29) is 6.04 Å². The monoisotopic (exact) mass is 181 g/mol. The first-order valence-electron chi connectivity index (χ1n) is 4.74. The van der Waals surface area contributed by atoms with Gasteiger partial charge in [0.05, 0.1) is 12.4 Å². The molecule has 0 aliphatic carbocycles. The quantitative estimate of drug-likeness (QED) is 0.724. The highest BCUT2D eigenvalue weighted by atomic mass is 16.3. The molecule has 2 heterocycles. The zero-order valence-electron chi connectivity index (χ0n) is 7.79. The van der Waals surface area contributed by atoms with E-state index < -0.39 is 6.10 Å². The van der Waals surface area contributed by atoms with Crippen LogP contribution in [-0.2, 0) is 0 Å². The van der Waals surface area contributed by atoms with E-state index in [1.165, 1.54) is 0 Å². The smallest absolute Gasteiger partial charge is 0.106 e. The lowest BCUT2D eigenvalue weighted by Crippen LogP contribution is -2.28. The van der Waals surface area contributed by atoms with Crippen LogP contribution in [0.3, 0.4) is 0 Å². The Bertz CT molecular complexity index is 276. The van der Waals surface area contributed by atoms with Crippen molar-refractivity contribution >= 4 is 0 Å². The summed E-state index contributed by atoms with van der Waals surface area (Å²) in [7, 11) is 0. The van der Waals surface area contributed by atoms with Crippen molar-refractivity contribution in [1.82, 2.24) is 5.32 Å². The van der Waals surface area contributed by atoms with Gasteiger partial charge in [-0.2, -0.15) is 0 Å². The predicted molar refractivity (Wildman–Crippen MR) is 49.4 cm³/mol. The lowest BCUT2D eigenvalue weighted by molar-refractivity contribution is 0.136. The van der Waals surface area contributed by atoms with Crippen molar-refractivity contribution in [1.29, 1.82) is 0 Å². The zero-order valence-corrected chi connectivity index (χ0v) is 7.79. The Hall–Kier alpha value is -0.800. The molecule has 72 valence electrons. The lowest BCUT2D eigenvalue weighted by Gasteiger charge is -2.17. The molecular formula is C10H15NO2. The molecular weight excluding hydrogens is 166 g/mol. The van der Waals surface area contributed by atoms with Crippen LogP contribution in [0.1, 0.15) is 30.3 Å². The van der Waals surface area contributed by atoms with Crippen LogP contribution in [0.2, 0.25) is 0 Å². The molecule has 1 aliphatic rings. The fourth-order valence-corrected chi connectivity index (χ4v) is 1.90. The van der Waals surface area contributed by atoms with Gasteiger partial charge in [0.2, 0.25) is 0 Å². The minimum atomic E-state index is -0.416. The van der Waals surface area contributed by atoms with Crippen molar-refractivity contribution in [3.8, 4) is 0 Å². The molecule has 2 atom stereocenters. The molecule has 0 saturated carbocycles. The Morgan fingerprint density at radius 3 is 3.08 bits per heavy atom. The average Bonchev–Trinajstić information content (AvgIpc) is 2.72. The summed E-state index contributed by atoms with van der Waals surface area (Å²) >= 11 is 0. The van der Waals surface area contributed by atoms with E-state index >= 15 is 0 Å². The van der Waals surface area contributed by atoms with Crippen LogP contribution < -0.4 is 5.32 Å². The van der Waals surface area contributed by atoms with Gasteiger partial charge in [-0.15, -0.1) is 0 Å². The van der Waals surface area contributed by atoms with Crippen LogP contribution in [0.4, 0.5) is 0 Å². The predicted octanol–water partition coefficient (Wildman–Crippen LogP) is 1.37. The lowest BCUT2D eigenvalue weighted by atomic mass is 10.0. The van der Waals surface area contributed by atoms with Crippen molar-refractivity contribution in [3.05, 3.63) is 23.7 Å². The Kier molecular flexibility index (Phi) is 2.38. The third kappa shape index (κ3) is 1.62. The number of aliphatic hydroxyl groups excluding tert-OH is 1. The number of furan rings is 1. The first kappa shape index (κ1) is 8.78. The van der Waals surface area contributed by atoms with Gasteiger partial charge in [0.1, 0.15) is 5.76 Å². The minimum Gasteiger partial charge on any atom is -0.469 e. The molecule has 2 unspecified atom stereocenters. The molecule has 1 aromatic rings. The van der Waals surface area contributed by atoms with Crippen molar-refractivity contribution in [3.63, 3.8) is 0 Å². The van der Waals surface area contributed by atoms with Crippen LogP contribution in [-0.4, -0.2) is 17.7 Å². The summed E-state index contributed by atoms with van der Waals surface area (Å²) < 4.78 is 5.16. The molecule has 0 radical (unpaired) electrons. The van der Waals surface area contributed by atoms with Crippen molar-refractivity contribution in [2.24, 2.45) is 0 Å². The maximum atomic E-state index is 9.97. The van der Waals surface area contributed by atoms with Crippen LogP contribution >= 0.6 is 0 Å². The van der Waals surface area contributed by atoms with Gasteiger partial charge in [-0.1, -0.05) is 0 Å². The third-order valence-electron chi connectivity index (χ3n) is 2.70. The fourth-order valence-electron chi connectivity index (χ4n) is 1.90. The Balaban J connectivity index is 2.12. The molecule has 2 rings (SSSR count). The second-order valence-corrected chi connectivity index (χ2v) is 3.58. The second kappa shape index (κ2) is 3.52. The number of aryl methyl sites for hydroxylation is 1. The Morgan fingerprint density at radius 2 is 2.54 bits per heavy atom. The Morgan fingerprint density at radius 1 is 1.69 bits per heavy atom. The normalized spacial score (nSPS) is 24.9. The van der Waals surface area contributed by atoms with Crippen LogP contribution in [0.15, 0.2) is 16.7 Å². The van der Waals surface area contributed by atoms with E-state index in [1.807, 2.05) is 13.0 Å². The van der Waals surface area contributed by atoms with E-state index in [0.717, 1.165) is 30.7 Å². The summed E-state index contributed by atoms with van der Waals surface area (Å²) in [6.45, 7) is 2.89. The summed E-state index contributed by atoms with van der Waals surface area (Å²) in [5.74, 6) is 0.821. The first-order chi connectivity index (χ1) is 6.29. The largest absolute Gasteiger partial charge is 0.469 e. The van der Waals surface area contributed by atoms with Gasteiger partial charge in [-0.25, -0.2) is 0 Å². The molecule has 1 aliphatic heterocycles. The highest BCUT2D eigenvalue weighted by molar-refractivity contribution is 5.20. The molecule has 0 bridgehead atoms. The molecule has 0 aromatic carbocycles. The molecule has 0 amide bonds. The Labute approximate surface area is 77.8 Å². The summed E-state index contributed by atoms with van der Waals surface area (Å²) in [6.07, 6.45) is 3.41. The fraction of sp³-hybridized carbons (Fsp3) is 0.600. The van der Waals surface area contributed by atoms with Crippen LogP contribution in [0, 0.1) is 6.92 Å². The number of hydrogen-bond acceptors (Lipinski definition) is 3. The minimum absolute atomic E-state index is 0.205. The summed E-state index contributed by atoms with van der Waals surface area (Å²) in [6, 6.07) is 2.05. The van der Waals surface area contributed by atoms with Gasteiger partial charge in [0.25, 0.3) is 0 Å². The van der Waals surface area contributed by atoms with Gasteiger partial charge >= 0.3 is 0 Å². The van der Waals surface area contributed by atoms with E-state index in [0.29, 0.717) is 0 Å². The van der Waals surface area contributed by atoms with Crippen LogP contribution in [0.25, 0.3) is 0 Å². The summed E-state index contributed by atoms with van der Waals surface area (Å²) in [5, 5.41) is 13.2. The van der Waals surface area contributed by atoms with E-state index in [4.69, 9.17) is 4.42 Å². The molecule has 2 N–H and O–H groups in total. The standard InChI is InChI=1S/C10H15NO2/c1-7-8(4-6-13-7)10(12)9-3-2-5-11-9/h4,6,9-12H,2-3,5H2,1H3. The van der Waals surface area contributed by atoms with Crippen molar-refractivity contribution < 1.29 is 9.52 Å². The number of hydrogen-bond donors (Lipinski definition) is 2. The van der Waals surface area contributed by atoms with E-state index in [9.17, 15) is 5.11 Å². The van der Waals surface area contributed by atoms with Gasteiger partial charge in [-0.05, 0) is 32.4 Å². The third-order valence-corrected chi connectivity index (χ3v) is 2.70. The van der Waals surface area contributed by atoms with Gasteiger partial charge < -0.3 is 14.8 Å². The highest BCUT2D eigenvalue weighted by Crippen LogP contribution is 2.25. The second-order valence-electron chi connectivity index (χ2n) is 3.58. The molecule has 1 fully saturated rings. The SMILES string of the molecule is Cc1occc1C(O)C1CCCN1. The number of nitrogens with one attached hydrogen (secondary N) is 1. The molecule has 13 heavy (non-hydrogen) atoms. The molecule has 3 nitrogen and oxygen atoms in total. The van der Waals surface area contributed by atoms with Crippen LogP contribution in [0.5, 0.6) is 0 Å². The topological polar surface area (TPSA) is 45.4 Å². The van der Waals surface area contributed by atoms with Gasteiger partial charge in [0, 0.05) is 11.6 Å². The van der Waals surface area contributed by atoms with Crippen molar-refractivity contribution in [2.75, 3.05) is 6.54 Å². The van der Waals surface area contributed by atoms with Gasteiger partial charge in [-0.3, -0.25) is 0 Å². The van der Waals surface area contributed by atoms with Crippen molar-refractivity contribution in [2.45, 2.75) is 31.9 Å². The zero-order chi connectivity index (χ0) is 9.26. The van der Waals surface area contributed by atoms with Gasteiger partial charge in [0.15, 0.2) is 0 Å². The molecule has 1 saturated heterocycles. The maximum absolute atomic E-state index is 9.97. The average molecular weight is 181 g/mol. The number of rotatable bonds is 2. The first-order valence-corrected chi connectivity index (χ1v) is 4.74. The summed E-state index contributed by atoms with van der Waals surface area (Å²) in [5.41, 5.74) is 0.916. The van der Waals surface area contributed by atoms with E-state index in [2.05, 4.69) is 5.32 Å². The maximum Gasteiger partial charge on any atom is 0.106 e. The summed E-state index contributed by atoms with van der Waals surface area (Å²) in [4.78, 5) is 0. The molecule has 1 aromatic heterocycles. The van der Waals surface area contributed by atoms with E-state index in [1.54, 1.807) is 6.26 Å². The number of aliphatic hydroxyl groups is 1. The highest BCUT2D eigenvalue weighted by Gasteiger charge is 2.25. The molecule has 3 heteroatoms.